The molecule has 2 aliphatic rings. The van der Waals surface area contributed by atoms with Crippen LogP contribution in [0.2, 0.25) is 0 Å². The van der Waals surface area contributed by atoms with Gasteiger partial charge < -0.3 is 0 Å². The topological polar surface area (TPSA) is 37.4 Å². The Balaban J connectivity index is 1.65. The van der Waals surface area contributed by atoms with E-state index >= 15 is 0 Å². The van der Waals surface area contributed by atoms with E-state index in [2.05, 4.69) is 0 Å². The van der Waals surface area contributed by atoms with E-state index in [-0.39, 0.29) is 24.1 Å². The van der Waals surface area contributed by atoms with Gasteiger partial charge in [-0.1, -0.05) is 30.3 Å². The third-order valence-corrected chi connectivity index (χ3v) is 8.07. The number of halogens is 2. The fourth-order valence-electron chi connectivity index (χ4n) is 3.95. The minimum absolute atomic E-state index is 0.0982. The van der Waals surface area contributed by atoms with Gasteiger partial charge in [-0.3, -0.25) is 0 Å². The van der Waals surface area contributed by atoms with Crippen molar-refractivity contribution in [1.82, 2.24) is 4.31 Å². The normalized spacial score (nSPS) is 25.4. The number of hydrogen-bond acceptors (Lipinski definition) is 2. The molecule has 6 heteroatoms. The van der Waals surface area contributed by atoms with E-state index in [1.807, 2.05) is 25.1 Å². The second-order valence-corrected chi connectivity index (χ2v) is 9.72. The van der Waals surface area contributed by atoms with Crippen molar-refractivity contribution in [3.63, 3.8) is 0 Å². The molecule has 1 aliphatic heterocycles. The molecule has 0 radical (unpaired) electrons. The summed E-state index contributed by atoms with van der Waals surface area (Å²) in [7, 11) is -3.66. The number of sulfonamides is 1. The maximum absolute atomic E-state index is 14.6. The van der Waals surface area contributed by atoms with Gasteiger partial charge in [0, 0.05) is 18.2 Å². The molecule has 0 bridgehead atoms. The Morgan fingerprint density at radius 2 is 1.70 bits per heavy atom. The van der Waals surface area contributed by atoms with E-state index in [1.165, 1.54) is 16.4 Å². The van der Waals surface area contributed by atoms with E-state index in [1.54, 1.807) is 12.1 Å². The van der Waals surface area contributed by atoms with E-state index < -0.39 is 26.9 Å². The van der Waals surface area contributed by atoms with Crippen LogP contribution >= 0.6 is 0 Å². The Morgan fingerprint density at radius 3 is 2.37 bits per heavy atom. The summed E-state index contributed by atoms with van der Waals surface area (Å²) in [5, 5.41) is -0.645. The lowest BCUT2D eigenvalue weighted by molar-refractivity contribution is 0.278. The van der Waals surface area contributed by atoms with Gasteiger partial charge >= 0.3 is 0 Å². The second-order valence-electron chi connectivity index (χ2n) is 7.66. The molecule has 2 aromatic rings. The first-order chi connectivity index (χ1) is 12.9. The lowest BCUT2D eigenvalue weighted by atomic mass is 10.0. The molecule has 1 saturated heterocycles. The van der Waals surface area contributed by atoms with Gasteiger partial charge in [0.2, 0.25) is 10.0 Å². The molecule has 27 heavy (non-hydrogen) atoms. The van der Waals surface area contributed by atoms with Crippen molar-refractivity contribution >= 4 is 10.0 Å². The minimum atomic E-state index is -3.66. The minimum Gasteiger partial charge on any atom is -0.212 e. The SMILES string of the molecule is C[C@H]1CC[C@H](c2ccccc2)S(=O)(=O)N1Cc1cc(F)c(C2CC2)cc1F. The summed E-state index contributed by atoms with van der Waals surface area (Å²) >= 11 is 0. The lowest BCUT2D eigenvalue weighted by Gasteiger charge is -2.37. The molecular weight excluding hydrogens is 368 g/mol. The molecule has 0 spiro atoms. The van der Waals surface area contributed by atoms with Crippen LogP contribution in [0.4, 0.5) is 8.78 Å². The maximum atomic E-state index is 14.6. The van der Waals surface area contributed by atoms with Gasteiger partial charge in [-0.05, 0) is 61.8 Å². The van der Waals surface area contributed by atoms with Crippen molar-refractivity contribution in [2.75, 3.05) is 0 Å². The molecule has 2 fully saturated rings. The van der Waals surface area contributed by atoms with E-state index in [0.717, 1.165) is 18.4 Å². The van der Waals surface area contributed by atoms with Crippen LogP contribution in [-0.2, 0) is 16.6 Å². The zero-order chi connectivity index (χ0) is 19.2. The van der Waals surface area contributed by atoms with Gasteiger partial charge in [-0.15, -0.1) is 0 Å². The predicted octanol–water partition coefficient (Wildman–Crippen LogP) is 4.90. The molecule has 0 aromatic heterocycles. The zero-order valence-electron chi connectivity index (χ0n) is 15.2. The van der Waals surface area contributed by atoms with Crippen molar-refractivity contribution in [2.24, 2.45) is 0 Å². The highest BCUT2D eigenvalue weighted by Crippen LogP contribution is 2.42. The van der Waals surface area contributed by atoms with Crippen molar-refractivity contribution < 1.29 is 17.2 Å². The first-order valence-electron chi connectivity index (χ1n) is 9.41. The Bertz CT molecular complexity index is 942. The molecule has 2 atom stereocenters. The monoisotopic (exact) mass is 391 g/mol. The first kappa shape index (κ1) is 18.6. The van der Waals surface area contributed by atoms with Crippen LogP contribution in [0.25, 0.3) is 0 Å². The van der Waals surface area contributed by atoms with Crippen molar-refractivity contribution in [3.05, 3.63) is 70.8 Å². The highest BCUT2D eigenvalue weighted by atomic mass is 32.2. The van der Waals surface area contributed by atoms with Gasteiger partial charge in [0.05, 0.1) is 0 Å². The first-order valence-corrected chi connectivity index (χ1v) is 10.9. The quantitative estimate of drug-likeness (QED) is 0.744. The molecule has 0 N–H and O–H groups in total. The van der Waals surface area contributed by atoms with Crippen LogP contribution in [0.5, 0.6) is 0 Å². The van der Waals surface area contributed by atoms with Crippen LogP contribution in [0, 0.1) is 11.6 Å². The Kier molecular flexibility index (Phi) is 4.80. The molecular formula is C21H23F2NO2S. The van der Waals surface area contributed by atoms with Crippen molar-refractivity contribution in [1.29, 1.82) is 0 Å². The van der Waals surface area contributed by atoms with E-state index in [9.17, 15) is 17.2 Å². The molecule has 2 aromatic carbocycles. The smallest absolute Gasteiger partial charge is 0.212 e. The van der Waals surface area contributed by atoms with Gasteiger partial charge in [0.25, 0.3) is 0 Å². The molecule has 0 amide bonds. The predicted molar refractivity (Wildman–Crippen MR) is 101 cm³/mol. The van der Waals surface area contributed by atoms with Gasteiger partial charge in [0.1, 0.15) is 16.9 Å². The summed E-state index contributed by atoms with van der Waals surface area (Å²) in [6, 6.07) is 11.3. The zero-order valence-corrected chi connectivity index (χ0v) is 16.1. The molecule has 0 unspecified atom stereocenters. The van der Waals surface area contributed by atoms with Gasteiger partial charge in [0.15, 0.2) is 0 Å². The van der Waals surface area contributed by atoms with E-state index in [0.29, 0.717) is 18.4 Å². The number of hydrogen-bond donors (Lipinski definition) is 0. The molecule has 4 rings (SSSR count). The summed E-state index contributed by atoms with van der Waals surface area (Å²) in [5.41, 5.74) is 1.25. The molecule has 144 valence electrons. The largest absolute Gasteiger partial charge is 0.221 e. The summed E-state index contributed by atoms with van der Waals surface area (Å²) in [6.07, 6.45) is 2.97. The van der Waals surface area contributed by atoms with E-state index in [4.69, 9.17) is 0 Å². The molecule has 1 saturated carbocycles. The van der Waals surface area contributed by atoms with Crippen LogP contribution in [0.3, 0.4) is 0 Å². The molecule has 1 aliphatic carbocycles. The van der Waals surface area contributed by atoms with Crippen molar-refractivity contribution in [3.8, 4) is 0 Å². The number of rotatable bonds is 4. The lowest BCUT2D eigenvalue weighted by Crippen LogP contribution is -2.44. The summed E-state index contributed by atoms with van der Waals surface area (Å²) in [6.45, 7) is 1.69. The van der Waals surface area contributed by atoms with Gasteiger partial charge in [-0.25, -0.2) is 17.2 Å². The fourth-order valence-corrected chi connectivity index (χ4v) is 6.14. The van der Waals surface area contributed by atoms with Crippen LogP contribution < -0.4 is 0 Å². The average molecular weight is 391 g/mol. The standard InChI is InChI=1S/C21H23F2NO2S/c1-14-7-10-21(16-5-3-2-4-6-16)27(25,26)24(14)13-17-11-20(23)18(12-19(17)22)15-8-9-15/h2-6,11-12,14-15,21H,7-10,13H2,1H3/t14-,21+/m0/s1. The third-order valence-electron chi connectivity index (χ3n) is 5.71. The Labute approximate surface area is 159 Å². The third kappa shape index (κ3) is 3.52. The van der Waals surface area contributed by atoms with Crippen LogP contribution in [0.15, 0.2) is 42.5 Å². The highest BCUT2D eigenvalue weighted by Gasteiger charge is 2.41. The number of benzene rings is 2. The van der Waals surface area contributed by atoms with Crippen LogP contribution in [0.1, 0.15) is 60.5 Å². The summed E-state index contributed by atoms with van der Waals surface area (Å²) < 4.78 is 56.7. The fraction of sp³-hybridized carbons (Fsp3) is 0.429. The average Bonchev–Trinajstić information content (AvgIpc) is 3.46. The van der Waals surface area contributed by atoms with Gasteiger partial charge in [-0.2, -0.15) is 4.31 Å². The molecule has 3 nitrogen and oxygen atoms in total. The number of nitrogens with zero attached hydrogens (tertiary/aromatic N) is 1. The Morgan fingerprint density at radius 1 is 1.00 bits per heavy atom. The maximum Gasteiger partial charge on any atom is 0.221 e. The van der Waals surface area contributed by atoms with Crippen LogP contribution in [-0.4, -0.2) is 18.8 Å². The summed E-state index contributed by atoms with van der Waals surface area (Å²) in [5.74, 6) is -0.855. The second kappa shape index (κ2) is 6.99. The Hall–Kier alpha value is -1.79. The molecule has 1 heterocycles. The summed E-state index contributed by atoms with van der Waals surface area (Å²) in [4.78, 5) is 0. The highest BCUT2D eigenvalue weighted by molar-refractivity contribution is 7.89. The van der Waals surface area contributed by atoms with Crippen molar-refractivity contribution in [2.45, 2.75) is 56.4 Å².